The Morgan fingerprint density at radius 3 is 2.77 bits per heavy atom. The number of thiophene rings is 1. The van der Waals surface area contributed by atoms with Crippen molar-refractivity contribution in [1.82, 2.24) is 0 Å². The molecule has 1 atom stereocenters. The van der Waals surface area contributed by atoms with Crippen molar-refractivity contribution < 1.29 is 9.90 Å². The number of hydrogen-bond acceptors (Lipinski definition) is 5. The largest absolute Gasteiger partial charge is 0.392 e. The van der Waals surface area contributed by atoms with Crippen LogP contribution in [0.3, 0.4) is 0 Å². The van der Waals surface area contributed by atoms with Crippen LogP contribution in [0.4, 0.5) is 10.7 Å². The Balaban J connectivity index is 2.07. The number of hydrogen-bond donors (Lipinski definition) is 2. The van der Waals surface area contributed by atoms with Gasteiger partial charge in [-0.3, -0.25) is 4.79 Å². The number of carbonyl (C=O) groups excluding carboxylic acids is 1. The van der Waals surface area contributed by atoms with E-state index in [1.165, 1.54) is 11.3 Å². The second-order valence-corrected chi connectivity index (χ2v) is 5.80. The lowest BCUT2D eigenvalue weighted by Crippen LogP contribution is -2.37. The van der Waals surface area contributed by atoms with Gasteiger partial charge in [0.1, 0.15) is 11.1 Å². The Kier molecular flexibility index (Phi) is 5.53. The molecular weight excluding hydrogens is 298 g/mol. The summed E-state index contributed by atoms with van der Waals surface area (Å²) in [6.07, 6.45) is -0.551. The van der Waals surface area contributed by atoms with Crippen molar-refractivity contribution in [2.45, 2.75) is 13.0 Å². The molecule has 0 fully saturated rings. The Morgan fingerprint density at radius 1 is 1.41 bits per heavy atom. The number of anilines is 2. The number of carbonyl (C=O) groups is 1. The fourth-order valence-corrected chi connectivity index (χ4v) is 2.81. The highest BCUT2D eigenvalue weighted by atomic mass is 32.1. The summed E-state index contributed by atoms with van der Waals surface area (Å²) in [4.78, 5) is 14.0. The molecule has 0 radical (unpaired) electrons. The van der Waals surface area contributed by atoms with Crippen molar-refractivity contribution in [1.29, 1.82) is 5.26 Å². The van der Waals surface area contributed by atoms with E-state index in [-0.39, 0.29) is 12.5 Å². The van der Waals surface area contributed by atoms with Crippen LogP contribution in [-0.4, -0.2) is 30.2 Å². The minimum absolute atomic E-state index is 0.109. The Bertz CT molecular complexity index is 662. The van der Waals surface area contributed by atoms with Gasteiger partial charge in [-0.2, -0.15) is 5.26 Å². The summed E-state index contributed by atoms with van der Waals surface area (Å²) in [5, 5.41) is 23.6. The van der Waals surface area contributed by atoms with Gasteiger partial charge in [-0.25, -0.2) is 0 Å². The zero-order valence-corrected chi connectivity index (χ0v) is 13.0. The van der Waals surface area contributed by atoms with Gasteiger partial charge in [-0.1, -0.05) is 18.2 Å². The summed E-state index contributed by atoms with van der Waals surface area (Å²) in [6, 6.07) is 13.2. The quantitative estimate of drug-likeness (QED) is 0.858. The van der Waals surface area contributed by atoms with Gasteiger partial charge in [0.05, 0.1) is 18.2 Å². The smallest absolute Gasteiger partial charge is 0.244 e. The predicted octanol–water partition coefficient (Wildman–Crippen LogP) is 2.45. The fraction of sp³-hybridized carbons (Fsp3) is 0.250. The van der Waals surface area contributed by atoms with Gasteiger partial charge < -0.3 is 15.3 Å². The fourth-order valence-electron chi connectivity index (χ4n) is 2.05. The van der Waals surface area contributed by atoms with Gasteiger partial charge in [0, 0.05) is 12.2 Å². The first-order valence-corrected chi connectivity index (χ1v) is 7.73. The van der Waals surface area contributed by atoms with Crippen LogP contribution in [0.2, 0.25) is 0 Å². The molecule has 2 N–H and O–H groups in total. The molecule has 0 saturated carbocycles. The van der Waals surface area contributed by atoms with Crippen molar-refractivity contribution in [3.8, 4) is 6.07 Å². The summed E-state index contributed by atoms with van der Waals surface area (Å²) >= 11 is 1.32. The Hall–Kier alpha value is -2.36. The third kappa shape index (κ3) is 4.32. The lowest BCUT2D eigenvalue weighted by atomic mass is 10.2. The lowest BCUT2D eigenvalue weighted by Gasteiger charge is -2.25. The summed E-state index contributed by atoms with van der Waals surface area (Å²) in [6.45, 7) is 2.14. The minimum Gasteiger partial charge on any atom is -0.392 e. The van der Waals surface area contributed by atoms with Crippen LogP contribution in [0.1, 0.15) is 12.5 Å². The molecule has 0 aliphatic rings. The van der Waals surface area contributed by atoms with E-state index in [0.717, 1.165) is 5.69 Å². The van der Waals surface area contributed by atoms with Gasteiger partial charge in [-0.05, 0) is 30.5 Å². The number of rotatable bonds is 6. The summed E-state index contributed by atoms with van der Waals surface area (Å²) in [7, 11) is 0. The van der Waals surface area contributed by atoms with Gasteiger partial charge in [0.2, 0.25) is 5.91 Å². The number of nitrogens with zero attached hydrogens (tertiary/aromatic N) is 2. The van der Waals surface area contributed by atoms with E-state index in [1.807, 2.05) is 36.4 Å². The first kappa shape index (κ1) is 16.0. The molecule has 1 heterocycles. The average Bonchev–Trinajstić information content (AvgIpc) is 2.94. The SMILES string of the molecule is C[C@@H](O)CN(CC(=O)Nc1sccc1C#N)c1ccccc1. The van der Waals surface area contributed by atoms with Gasteiger partial charge >= 0.3 is 0 Å². The van der Waals surface area contributed by atoms with E-state index in [2.05, 4.69) is 5.32 Å². The van der Waals surface area contributed by atoms with E-state index in [0.29, 0.717) is 17.1 Å². The van der Waals surface area contributed by atoms with Crippen molar-refractivity contribution in [2.75, 3.05) is 23.3 Å². The van der Waals surface area contributed by atoms with E-state index in [1.54, 1.807) is 23.3 Å². The molecule has 114 valence electrons. The normalized spacial score (nSPS) is 11.5. The zero-order chi connectivity index (χ0) is 15.9. The molecule has 1 aromatic heterocycles. The van der Waals surface area contributed by atoms with Crippen molar-refractivity contribution in [2.24, 2.45) is 0 Å². The van der Waals surface area contributed by atoms with E-state index in [9.17, 15) is 9.90 Å². The van der Waals surface area contributed by atoms with E-state index < -0.39 is 6.10 Å². The highest BCUT2D eigenvalue weighted by Crippen LogP contribution is 2.22. The molecule has 6 heteroatoms. The highest BCUT2D eigenvalue weighted by Gasteiger charge is 2.15. The number of aliphatic hydroxyl groups excluding tert-OH is 1. The van der Waals surface area contributed by atoms with Crippen LogP contribution in [0.5, 0.6) is 0 Å². The number of amides is 1. The van der Waals surface area contributed by atoms with Crippen LogP contribution in [0.15, 0.2) is 41.8 Å². The summed E-state index contributed by atoms with van der Waals surface area (Å²) in [5.74, 6) is -0.219. The summed E-state index contributed by atoms with van der Waals surface area (Å²) in [5.41, 5.74) is 1.32. The maximum absolute atomic E-state index is 12.2. The molecule has 0 aliphatic heterocycles. The standard InChI is InChI=1S/C16H17N3O2S/c1-12(20)10-19(14-5-3-2-4-6-14)11-15(21)18-16-13(9-17)7-8-22-16/h2-8,12,20H,10-11H2,1H3,(H,18,21)/t12-/m1/s1. The average molecular weight is 315 g/mol. The van der Waals surface area contributed by atoms with Crippen molar-refractivity contribution in [3.05, 3.63) is 47.3 Å². The molecule has 0 unspecified atom stereocenters. The van der Waals surface area contributed by atoms with Crippen LogP contribution < -0.4 is 10.2 Å². The molecule has 2 aromatic rings. The number of aliphatic hydroxyl groups is 1. The highest BCUT2D eigenvalue weighted by molar-refractivity contribution is 7.14. The Labute approximate surface area is 133 Å². The topological polar surface area (TPSA) is 76.4 Å². The molecule has 22 heavy (non-hydrogen) atoms. The van der Waals surface area contributed by atoms with Gasteiger partial charge in [0.25, 0.3) is 0 Å². The maximum atomic E-state index is 12.2. The van der Waals surface area contributed by atoms with Crippen molar-refractivity contribution in [3.63, 3.8) is 0 Å². The third-order valence-electron chi connectivity index (χ3n) is 2.98. The maximum Gasteiger partial charge on any atom is 0.244 e. The number of benzene rings is 1. The Morgan fingerprint density at radius 2 is 2.14 bits per heavy atom. The van der Waals surface area contributed by atoms with Crippen molar-refractivity contribution >= 4 is 27.9 Å². The number of nitrogens with one attached hydrogen (secondary N) is 1. The van der Waals surface area contributed by atoms with Crippen LogP contribution in [0, 0.1) is 11.3 Å². The second kappa shape index (κ2) is 7.59. The first-order valence-electron chi connectivity index (χ1n) is 6.85. The molecule has 0 aliphatic carbocycles. The van der Waals surface area contributed by atoms with E-state index in [4.69, 9.17) is 5.26 Å². The first-order chi connectivity index (χ1) is 10.6. The molecule has 0 bridgehead atoms. The number of para-hydroxylation sites is 1. The molecule has 5 nitrogen and oxygen atoms in total. The molecule has 1 aromatic carbocycles. The lowest BCUT2D eigenvalue weighted by molar-refractivity contribution is -0.115. The van der Waals surface area contributed by atoms with Gasteiger partial charge in [0.15, 0.2) is 0 Å². The monoisotopic (exact) mass is 315 g/mol. The van der Waals surface area contributed by atoms with Crippen LogP contribution in [-0.2, 0) is 4.79 Å². The molecule has 0 saturated heterocycles. The van der Waals surface area contributed by atoms with Gasteiger partial charge in [-0.15, -0.1) is 11.3 Å². The molecule has 0 spiro atoms. The van der Waals surface area contributed by atoms with Crippen LogP contribution >= 0.6 is 11.3 Å². The molecular formula is C16H17N3O2S. The van der Waals surface area contributed by atoms with Crippen LogP contribution in [0.25, 0.3) is 0 Å². The predicted molar refractivity (Wildman–Crippen MR) is 88.0 cm³/mol. The minimum atomic E-state index is -0.551. The molecule has 1 amide bonds. The zero-order valence-electron chi connectivity index (χ0n) is 12.2. The van der Waals surface area contributed by atoms with E-state index >= 15 is 0 Å². The third-order valence-corrected chi connectivity index (χ3v) is 3.81. The summed E-state index contributed by atoms with van der Waals surface area (Å²) < 4.78 is 0. The number of nitriles is 1. The second-order valence-electron chi connectivity index (χ2n) is 4.89. The molecule has 2 rings (SSSR count).